The summed E-state index contributed by atoms with van der Waals surface area (Å²) in [5.74, 6) is -0.579. The molecule has 2 amide bonds. The van der Waals surface area contributed by atoms with Crippen LogP contribution < -0.4 is 10.6 Å². The number of carbonyl (C=O) groups excluding carboxylic acids is 2. The number of ether oxygens (including phenoxy) is 1. The lowest BCUT2D eigenvalue weighted by Crippen LogP contribution is -2.17. The van der Waals surface area contributed by atoms with E-state index < -0.39 is 10.4 Å². The largest absolute Gasteiger partial charge is 0.450 e. The van der Waals surface area contributed by atoms with E-state index in [1.165, 1.54) is 0 Å². The monoisotopic (exact) mass is 316 g/mol. The summed E-state index contributed by atoms with van der Waals surface area (Å²) < 4.78 is 3.82. The molecule has 2 rings (SSSR count). The third kappa shape index (κ3) is 3.77. The zero-order valence-electron chi connectivity index (χ0n) is 10.8. The van der Waals surface area contributed by atoms with Gasteiger partial charge in [0, 0.05) is 11.4 Å². The van der Waals surface area contributed by atoms with Crippen molar-refractivity contribution >= 4 is 46.6 Å². The topological polar surface area (TPSA) is 67.4 Å². The van der Waals surface area contributed by atoms with Crippen molar-refractivity contribution in [1.29, 1.82) is 0 Å². The van der Waals surface area contributed by atoms with E-state index in [1.807, 2.05) is 0 Å². The van der Waals surface area contributed by atoms with Gasteiger partial charge in [0.25, 0.3) is 0 Å². The van der Waals surface area contributed by atoms with Crippen molar-refractivity contribution < 1.29 is 14.3 Å². The van der Waals surface area contributed by atoms with Crippen LogP contribution in [0, 0.1) is 5.92 Å². The predicted octanol–water partition coefficient (Wildman–Crippen LogP) is 3.39. The summed E-state index contributed by atoms with van der Waals surface area (Å²) in [6, 6.07) is 6.67. The maximum Gasteiger partial charge on any atom is 0.411 e. The van der Waals surface area contributed by atoms with Crippen LogP contribution in [0.4, 0.5) is 16.2 Å². The first-order valence-corrected chi connectivity index (χ1v) is 6.90. The molecule has 2 N–H and O–H groups in total. The summed E-state index contributed by atoms with van der Waals surface area (Å²) in [5.41, 5.74) is 1.19. The highest BCUT2D eigenvalue weighted by atomic mass is 35.5. The lowest BCUT2D eigenvalue weighted by atomic mass is 10.2. The number of benzene rings is 1. The molecule has 7 heteroatoms. The summed E-state index contributed by atoms with van der Waals surface area (Å²) in [7, 11) is 0. The highest BCUT2D eigenvalue weighted by Gasteiger charge is 2.56. The van der Waals surface area contributed by atoms with Crippen molar-refractivity contribution in [1.82, 2.24) is 0 Å². The molecule has 0 radical (unpaired) electrons. The van der Waals surface area contributed by atoms with E-state index in [0.717, 1.165) is 0 Å². The molecule has 1 aliphatic carbocycles. The lowest BCUT2D eigenvalue weighted by Gasteiger charge is -2.08. The summed E-state index contributed by atoms with van der Waals surface area (Å²) in [4.78, 5) is 23.0. The molecule has 0 spiro atoms. The van der Waals surface area contributed by atoms with Gasteiger partial charge in [-0.3, -0.25) is 10.1 Å². The fourth-order valence-electron chi connectivity index (χ4n) is 1.65. The van der Waals surface area contributed by atoms with Crippen molar-refractivity contribution in [3.63, 3.8) is 0 Å². The second kappa shape index (κ2) is 5.89. The quantitative estimate of drug-likeness (QED) is 0.837. The fourth-order valence-corrected chi connectivity index (χ4v) is 2.16. The Kier molecular flexibility index (Phi) is 4.40. The van der Waals surface area contributed by atoms with Crippen LogP contribution in [-0.2, 0) is 9.53 Å². The summed E-state index contributed by atoms with van der Waals surface area (Å²) in [6.07, 6.45) is -0.0545. The van der Waals surface area contributed by atoms with Gasteiger partial charge >= 0.3 is 6.09 Å². The molecular formula is C13H14Cl2N2O3. The summed E-state index contributed by atoms with van der Waals surface area (Å²) in [5, 5.41) is 5.27. The Labute approximate surface area is 126 Å². The van der Waals surface area contributed by atoms with Crippen LogP contribution in [0.5, 0.6) is 0 Å². The van der Waals surface area contributed by atoms with Crippen molar-refractivity contribution in [3.05, 3.63) is 24.3 Å². The Morgan fingerprint density at radius 1 is 1.25 bits per heavy atom. The van der Waals surface area contributed by atoms with Crippen molar-refractivity contribution in [2.75, 3.05) is 17.2 Å². The first kappa shape index (κ1) is 14.9. The Balaban J connectivity index is 1.88. The molecule has 108 valence electrons. The van der Waals surface area contributed by atoms with Crippen LogP contribution >= 0.6 is 23.2 Å². The molecule has 1 fully saturated rings. The van der Waals surface area contributed by atoms with E-state index in [1.54, 1.807) is 31.2 Å². The zero-order chi connectivity index (χ0) is 14.8. The number of anilines is 2. The van der Waals surface area contributed by atoms with Gasteiger partial charge in [-0.05, 0) is 37.6 Å². The molecular weight excluding hydrogens is 303 g/mol. The van der Waals surface area contributed by atoms with Crippen LogP contribution in [0.25, 0.3) is 0 Å². The second-order valence-electron chi connectivity index (χ2n) is 4.43. The van der Waals surface area contributed by atoms with Crippen LogP contribution in [0.2, 0.25) is 0 Å². The lowest BCUT2D eigenvalue weighted by molar-refractivity contribution is -0.117. The molecule has 0 aromatic heterocycles. The van der Waals surface area contributed by atoms with Crippen LogP contribution in [0.15, 0.2) is 24.3 Å². The maximum absolute atomic E-state index is 11.8. The third-order valence-corrected chi connectivity index (χ3v) is 3.65. The maximum atomic E-state index is 11.8. The van der Waals surface area contributed by atoms with Gasteiger partial charge in [-0.1, -0.05) is 0 Å². The first-order valence-electron chi connectivity index (χ1n) is 6.15. The molecule has 1 unspecified atom stereocenters. The number of rotatable bonds is 4. The molecule has 0 saturated heterocycles. The Hall–Kier alpha value is -1.46. The number of halogens is 2. The number of amides is 2. The fraction of sp³-hybridized carbons (Fsp3) is 0.385. The molecule has 1 aromatic rings. The van der Waals surface area contributed by atoms with Crippen LogP contribution in [0.1, 0.15) is 13.3 Å². The third-order valence-electron chi connectivity index (χ3n) is 2.82. The number of carbonyl (C=O) groups is 2. The average Bonchev–Trinajstić information content (AvgIpc) is 3.01. The van der Waals surface area contributed by atoms with Gasteiger partial charge in [0.1, 0.15) is 4.33 Å². The van der Waals surface area contributed by atoms with E-state index in [2.05, 4.69) is 10.6 Å². The van der Waals surface area contributed by atoms with E-state index in [-0.39, 0.29) is 11.8 Å². The molecule has 20 heavy (non-hydrogen) atoms. The van der Waals surface area contributed by atoms with E-state index in [9.17, 15) is 9.59 Å². The minimum atomic E-state index is -0.935. The second-order valence-corrected chi connectivity index (χ2v) is 5.97. The number of hydrogen-bond acceptors (Lipinski definition) is 3. The minimum absolute atomic E-state index is 0.207. The number of nitrogens with one attached hydrogen (secondary N) is 2. The highest BCUT2D eigenvalue weighted by Crippen LogP contribution is 2.53. The molecule has 0 bridgehead atoms. The van der Waals surface area contributed by atoms with E-state index in [0.29, 0.717) is 24.4 Å². The molecule has 1 saturated carbocycles. The van der Waals surface area contributed by atoms with Gasteiger partial charge in [0.15, 0.2) is 0 Å². The van der Waals surface area contributed by atoms with Crippen molar-refractivity contribution in [2.24, 2.45) is 5.92 Å². The van der Waals surface area contributed by atoms with Gasteiger partial charge in [0.05, 0.1) is 12.5 Å². The van der Waals surface area contributed by atoms with E-state index >= 15 is 0 Å². The standard InChI is InChI=1S/C13H14Cl2N2O3/c1-2-20-12(19)17-9-5-3-8(4-6-9)16-11(18)10-7-13(10,14)15/h3-6,10H,2,7H2,1H3,(H,16,18)(H,17,19). The predicted molar refractivity (Wildman–Crippen MR) is 78.3 cm³/mol. The molecule has 0 heterocycles. The molecule has 1 aliphatic rings. The van der Waals surface area contributed by atoms with Gasteiger partial charge in [-0.25, -0.2) is 4.79 Å². The molecule has 1 atom stereocenters. The van der Waals surface area contributed by atoms with Crippen LogP contribution in [-0.4, -0.2) is 22.9 Å². The average molecular weight is 317 g/mol. The molecule has 0 aliphatic heterocycles. The summed E-state index contributed by atoms with van der Waals surface area (Å²) in [6.45, 7) is 2.03. The van der Waals surface area contributed by atoms with Crippen molar-refractivity contribution in [2.45, 2.75) is 17.7 Å². The number of hydrogen-bond donors (Lipinski definition) is 2. The zero-order valence-corrected chi connectivity index (χ0v) is 12.3. The van der Waals surface area contributed by atoms with Crippen molar-refractivity contribution in [3.8, 4) is 0 Å². The van der Waals surface area contributed by atoms with Gasteiger partial charge < -0.3 is 10.1 Å². The Morgan fingerprint density at radius 2 is 1.75 bits per heavy atom. The minimum Gasteiger partial charge on any atom is -0.450 e. The van der Waals surface area contributed by atoms with Gasteiger partial charge in [-0.2, -0.15) is 0 Å². The SMILES string of the molecule is CCOC(=O)Nc1ccc(NC(=O)C2CC2(Cl)Cl)cc1. The Bertz CT molecular complexity index is 517. The first-order chi connectivity index (χ1) is 9.42. The van der Waals surface area contributed by atoms with Gasteiger partial charge in [0.2, 0.25) is 5.91 Å². The normalized spacial score (nSPS) is 19.1. The number of alkyl halides is 2. The van der Waals surface area contributed by atoms with Gasteiger partial charge in [-0.15, -0.1) is 23.2 Å². The highest BCUT2D eigenvalue weighted by molar-refractivity contribution is 6.52. The Morgan fingerprint density at radius 3 is 2.20 bits per heavy atom. The molecule has 5 nitrogen and oxygen atoms in total. The smallest absolute Gasteiger partial charge is 0.411 e. The van der Waals surface area contributed by atoms with Crippen LogP contribution in [0.3, 0.4) is 0 Å². The molecule has 1 aromatic carbocycles. The van der Waals surface area contributed by atoms with E-state index in [4.69, 9.17) is 27.9 Å². The summed E-state index contributed by atoms with van der Waals surface area (Å²) >= 11 is 11.6.